The van der Waals surface area contributed by atoms with Gasteiger partial charge in [-0.25, -0.2) is 0 Å². The lowest BCUT2D eigenvalue weighted by Crippen LogP contribution is -2.29. The topological polar surface area (TPSA) is 3.24 Å². The molecular weight excluding hydrogens is 707 g/mol. The summed E-state index contributed by atoms with van der Waals surface area (Å²) in [5.74, 6) is 0. The Morgan fingerprint density at radius 1 is 0.351 bits per heavy atom. The number of anilines is 3. The van der Waals surface area contributed by atoms with Crippen LogP contribution in [0.1, 0.15) is 22.3 Å². The molecule has 0 saturated heterocycles. The Bertz CT molecular complexity index is 3190. The van der Waals surface area contributed by atoms with E-state index >= 15 is 0 Å². The van der Waals surface area contributed by atoms with Crippen LogP contribution in [0.3, 0.4) is 0 Å². The minimum absolute atomic E-state index is 0.556. The normalized spacial score (nSPS) is 14.7. The molecule has 266 valence electrons. The van der Waals surface area contributed by atoms with Gasteiger partial charge in [-0.2, -0.15) is 0 Å². The molecular formula is C55H35NS. The van der Waals surface area contributed by atoms with Crippen molar-refractivity contribution in [3.8, 4) is 44.5 Å². The van der Waals surface area contributed by atoms with Gasteiger partial charge in [-0.1, -0.05) is 176 Å². The highest BCUT2D eigenvalue weighted by Gasteiger charge is 2.50. The van der Waals surface area contributed by atoms with Gasteiger partial charge in [-0.15, -0.1) is 11.3 Å². The van der Waals surface area contributed by atoms with Crippen molar-refractivity contribution < 1.29 is 0 Å². The van der Waals surface area contributed by atoms with Crippen molar-refractivity contribution in [3.63, 3.8) is 0 Å². The number of rotatable bonds is 4. The number of benzene rings is 9. The van der Waals surface area contributed by atoms with Crippen LogP contribution in [0.15, 0.2) is 212 Å². The summed E-state index contributed by atoms with van der Waals surface area (Å²) in [7, 11) is 0. The van der Waals surface area contributed by atoms with E-state index in [-0.39, 0.29) is 0 Å². The van der Waals surface area contributed by atoms with Gasteiger partial charge in [0.15, 0.2) is 0 Å². The first-order valence-electron chi connectivity index (χ1n) is 19.7. The highest BCUT2D eigenvalue weighted by molar-refractivity contribution is 7.26. The van der Waals surface area contributed by atoms with Crippen molar-refractivity contribution in [2.75, 3.05) is 4.90 Å². The number of thiophene rings is 1. The summed E-state index contributed by atoms with van der Waals surface area (Å²) in [5, 5.41) is 2.66. The Morgan fingerprint density at radius 2 is 0.912 bits per heavy atom. The van der Waals surface area contributed by atoms with Crippen molar-refractivity contribution in [2.24, 2.45) is 0 Å². The maximum Gasteiger partial charge on any atom is 0.0726 e. The molecule has 1 atom stereocenters. The van der Waals surface area contributed by atoms with Crippen LogP contribution < -0.4 is 4.90 Å². The largest absolute Gasteiger partial charge is 0.310 e. The fourth-order valence-electron chi connectivity index (χ4n) is 10.0. The molecule has 0 amide bonds. The predicted octanol–water partition coefficient (Wildman–Crippen LogP) is 15.2. The molecule has 12 rings (SSSR count). The number of hydrogen-bond donors (Lipinski definition) is 0. The van der Waals surface area contributed by atoms with Gasteiger partial charge >= 0.3 is 0 Å². The van der Waals surface area contributed by atoms with Crippen molar-refractivity contribution in [1.29, 1.82) is 0 Å². The second-order valence-corrected chi connectivity index (χ2v) is 16.2. The standard InChI is InChI=1S/C55H35NS/c1-3-17-36(18-4-1)39-21-11-15-29-51(39)56(37-19-5-2-6-20-37)38-31-33-49-46(35-38)41-23-8-7-22-40(41)42-24-9-13-27-47(42)55(49)48-28-14-10-26-45(48)53-50(55)34-32-44-43-25-12-16-30-52(43)57-54(44)53/h1-35H. The van der Waals surface area contributed by atoms with E-state index in [2.05, 4.69) is 217 Å². The second-order valence-electron chi connectivity index (χ2n) is 15.1. The van der Waals surface area contributed by atoms with E-state index in [1.807, 2.05) is 11.3 Å². The molecule has 0 bridgehead atoms. The smallest absolute Gasteiger partial charge is 0.0726 e. The number of hydrogen-bond acceptors (Lipinski definition) is 2. The van der Waals surface area contributed by atoms with Crippen LogP contribution in [0, 0.1) is 0 Å². The van der Waals surface area contributed by atoms with Gasteiger partial charge < -0.3 is 4.90 Å². The minimum atomic E-state index is -0.556. The van der Waals surface area contributed by atoms with Crippen molar-refractivity contribution in [2.45, 2.75) is 5.41 Å². The van der Waals surface area contributed by atoms with Crippen molar-refractivity contribution in [3.05, 3.63) is 235 Å². The van der Waals surface area contributed by atoms with Crippen LogP contribution in [0.2, 0.25) is 0 Å². The van der Waals surface area contributed by atoms with Crippen LogP contribution in [0.5, 0.6) is 0 Å². The lowest BCUT2D eigenvalue weighted by Gasteiger charge is -2.36. The number of para-hydroxylation sites is 2. The molecule has 1 nitrogen and oxygen atoms in total. The lowest BCUT2D eigenvalue weighted by atomic mass is 9.66. The molecule has 0 saturated carbocycles. The summed E-state index contributed by atoms with van der Waals surface area (Å²) in [4.78, 5) is 2.44. The van der Waals surface area contributed by atoms with E-state index in [1.165, 1.54) is 86.9 Å². The molecule has 1 unspecified atom stereocenters. The summed E-state index contributed by atoms with van der Waals surface area (Å²) < 4.78 is 2.69. The van der Waals surface area contributed by atoms with Crippen LogP contribution in [-0.2, 0) is 5.41 Å². The first-order chi connectivity index (χ1) is 28.3. The van der Waals surface area contributed by atoms with E-state index in [1.54, 1.807) is 0 Å². The Morgan fingerprint density at radius 3 is 1.70 bits per heavy atom. The summed E-state index contributed by atoms with van der Waals surface area (Å²) >= 11 is 1.93. The summed E-state index contributed by atoms with van der Waals surface area (Å²) in [6, 6.07) is 78.8. The van der Waals surface area contributed by atoms with Crippen LogP contribution >= 0.6 is 11.3 Å². The average Bonchev–Trinajstić information content (AvgIpc) is 3.78. The van der Waals surface area contributed by atoms with Gasteiger partial charge in [-0.3, -0.25) is 0 Å². The zero-order chi connectivity index (χ0) is 37.5. The molecule has 9 aromatic carbocycles. The molecule has 0 aliphatic heterocycles. The molecule has 57 heavy (non-hydrogen) atoms. The van der Waals surface area contributed by atoms with Gasteiger partial charge in [0, 0.05) is 42.7 Å². The monoisotopic (exact) mass is 741 g/mol. The first-order valence-corrected chi connectivity index (χ1v) is 20.5. The summed E-state index contributed by atoms with van der Waals surface area (Å²) in [6.07, 6.45) is 0. The highest BCUT2D eigenvalue weighted by Crippen LogP contribution is 2.63. The van der Waals surface area contributed by atoms with Crippen LogP contribution in [-0.4, -0.2) is 0 Å². The van der Waals surface area contributed by atoms with Gasteiger partial charge in [0.05, 0.1) is 11.1 Å². The molecule has 0 radical (unpaired) electrons. The third-order valence-electron chi connectivity index (χ3n) is 12.3. The molecule has 0 fully saturated rings. The molecule has 1 heterocycles. The van der Waals surface area contributed by atoms with Crippen LogP contribution in [0.4, 0.5) is 17.1 Å². The maximum atomic E-state index is 2.47. The molecule has 2 heteroatoms. The molecule has 1 aromatic heterocycles. The first kappa shape index (κ1) is 32.3. The Hall–Kier alpha value is -7.00. The third kappa shape index (κ3) is 4.56. The average molecular weight is 742 g/mol. The fourth-order valence-corrected chi connectivity index (χ4v) is 11.3. The quantitative estimate of drug-likeness (QED) is 0.174. The van der Waals surface area contributed by atoms with Crippen molar-refractivity contribution >= 4 is 48.6 Å². The number of nitrogens with zero attached hydrogens (tertiary/aromatic N) is 1. The van der Waals surface area contributed by atoms with Gasteiger partial charge in [-0.05, 0) is 92.0 Å². The summed E-state index contributed by atoms with van der Waals surface area (Å²) in [5.41, 5.74) is 18.2. The van der Waals surface area contributed by atoms with Gasteiger partial charge in [0.2, 0.25) is 0 Å². The zero-order valence-corrected chi connectivity index (χ0v) is 31.9. The summed E-state index contributed by atoms with van der Waals surface area (Å²) in [6.45, 7) is 0. The van der Waals surface area contributed by atoms with E-state index < -0.39 is 5.41 Å². The predicted molar refractivity (Wildman–Crippen MR) is 241 cm³/mol. The molecule has 0 N–H and O–H groups in total. The van der Waals surface area contributed by atoms with E-state index in [0.29, 0.717) is 0 Å². The number of fused-ring (bicyclic) bond motifs is 16. The van der Waals surface area contributed by atoms with Gasteiger partial charge in [0.1, 0.15) is 0 Å². The second kappa shape index (κ2) is 12.5. The molecule has 1 spiro atoms. The molecule has 2 aliphatic carbocycles. The Balaban J connectivity index is 1.20. The lowest BCUT2D eigenvalue weighted by molar-refractivity contribution is 0.776. The Kier molecular flexibility index (Phi) is 7.08. The maximum absolute atomic E-state index is 2.47. The SMILES string of the molecule is c1ccc(-c2ccccc2N(c2ccccc2)c2ccc3c(c2)-c2ccccc2-c2ccccc2C32c3ccccc3-c3c2ccc2c3sc3ccccc32)cc1. The van der Waals surface area contributed by atoms with Gasteiger partial charge in [0.25, 0.3) is 0 Å². The zero-order valence-electron chi connectivity index (χ0n) is 31.1. The van der Waals surface area contributed by atoms with E-state index in [4.69, 9.17) is 0 Å². The minimum Gasteiger partial charge on any atom is -0.310 e. The van der Waals surface area contributed by atoms with E-state index in [0.717, 1.165) is 17.1 Å². The highest BCUT2D eigenvalue weighted by atomic mass is 32.1. The fraction of sp³-hybridized carbons (Fsp3) is 0.0182. The third-order valence-corrected chi connectivity index (χ3v) is 13.5. The molecule has 10 aromatic rings. The van der Waals surface area contributed by atoms with Crippen LogP contribution in [0.25, 0.3) is 64.7 Å². The molecule has 2 aliphatic rings. The van der Waals surface area contributed by atoms with Crippen molar-refractivity contribution in [1.82, 2.24) is 0 Å². The Labute approximate surface area is 336 Å². The van der Waals surface area contributed by atoms with E-state index in [9.17, 15) is 0 Å².